The molecule has 1 rings (SSSR count). The maximum atomic E-state index is 10.3. The van der Waals surface area contributed by atoms with Gasteiger partial charge in [0.05, 0.1) is 11.4 Å². The maximum Gasteiger partial charge on any atom is 0.168 e. The number of rotatable bonds is 6. The quantitative estimate of drug-likeness (QED) is 0.567. The summed E-state index contributed by atoms with van der Waals surface area (Å²) in [4.78, 5) is 8.44. The smallest absolute Gasteiger partial charge is 0.168 e. The first-order chi connectivity index (χ1) is 10.1. The number of allylic oxidation sites excluding steroid dienone is 1. The van der Waals surface area contributed by atoms with Crippen LogP contribution in [0, 0.1) is 12.8 Å². The van der Waals surface area contributed by atoms with Crippen LogP contribution in [0.2, 0.25) is 0 Å². The Morgan fingerprint density at radius 2 is 2.14 bits per heavy atom. The molecule has 0 saturated heterocycles. The summed E-state index contributed by atoms with van der Waals surface area (Å²) < 4.78 is 0. The summed E-state index contributed by atoms with van der Waals surface area (Å²) in [6.45, 7) is 11.9. The Bertz CT molecular complexity index is 467. The molecule has 0 saturated carbocycles. The highest BCUT2D eigenvalue weighted by Crippen LogP contribution is 2.21. The minimum Gasteiger partial charge on any atom is -0.508 e. The van der Waals surface area contributed by atoms with Gasteiger partial charge in [0.2, 0.25) is 0 Å². The van der Waals surface area contributed by atoms with Gasteiger partial charge in [-0.15, -0.1) is 0 Å². The van der Waals surface area contributed by atoms with Crippen molar-refractivity contribution in [2.45, 2.75) is 54.4 Å². The number of aliphatic imine (C=N–C) groups is 1. The van der Waals surface area contributed by atoms with E-state index in [1.54, 1.807) is 12.4 Å². The monoisotopic (exact) mass is 291 g/mol. The van der Waals surface area contributed by atoms with Crippen molar-refractivity contribution in [3.8, 4) is 0 Å². The van der Waals surface area contributed by atoms with E-state index in [2.05, 4.69) is 22.2 Å². The van der Waals surface area contributed by atoms with Crippen molar-refractivity contribution in [1.82, 2.24) is 4.98 Å². The van der Waals surface area contributed by atoms with Crippen molar-refractivity contribution in [2.75, 3.05) is 5.32 Å². The molecule has 118 valence electrons. The lowest BCUT2D eigenvalue weighted by Crippen LogP contribution is -2.09. The Hall–Kier alpha value is -1.84. The number of hydrogen-bond donors (Lipinski definition) is 2. The van der Waals surface area contributed by atoms with Crippen LogP contribution in [0.3, 0.4) is 0 Å². The minimum atomic E-state index is 0.0909. The SMILES string of the molecule is C/C=N\C(Nc1cccnc1C)=C(\O)C(C)CCC.CC. The van der Waals surface area contributed by atoms with E-state index in [-0.39, 0.29) is 5.92 Å². The highest BCUT2D eigenvalue weighted by molar-refractivity contribution is 5.59. The van der Waals surface area contributed by atoms with Crippen LogP contribution >= 0.6 is 0 Å². The highest BCUT2D eigenvalue weighted by atomic mass is 16.3. The molecule has 0 spiro atoms. The molecule has 4 heteroatoms. The second-order valence-corrected chi connectivity index (χ2v) is 4.57. The van der Waals surface area contributed by atoms with Crippen molar-refractivity contribution in [1.29, 1.82) is 0 Å². The number of nitrogens with one attached hydrogen (secondary N) is 1. The lowest BCUT2D eigenvalue weighted by molar-refractivity contribution is 0.323. The van der Waals surface area contributed by atoms with E-state index < -0.39 is 0 Å². The van der Waals surface area contributed by atoms with Crippen LogP contribution in [-0.2, 0) is 0 Å². The zero-order valence-electron chi connectivity index (χ0n) is 14.1. The third-order valence-electron chi connectivity index (χ3n) is 2.95. The van der Waals surface area contributed by atoms with E-state index in [0.717, 1.165) is 24.2 Å². The van der Waals surface area contributed by atoms with E-state index in [1.165, 1.54) is 0 Å². The van der Waals surface area contributed by atoms with Gasteiger partial charge < -0.3 is 10.4 Å². The first kappa shape index (κ1) is 19.2. The Balaban J connectivity index is 0.00000191. The highest BCUT2D eigenvalue weighted by Gasteiger charge is 2.13. The second kappa shape index (κ2) is 10.9. The van der Waals surface area contributed by atoms with Gasteiger partial charge in [0.1, 0.15) is 5.76 Å². The number of nitrogens with zero attached hydrogens (tertiary/aromatic N) is 2. The molecule has 0 radical (unpaired) electrons. The van der Waals surface area contributed by atoms with Gasteiger partial charge in [-0.3, -0.25) is 4.98 Å². The summed E-state index contributed by atoms with van der Waals surface area (Å²) in [5.74, 6) is 0.885. The fraction of sp³-hybridized carbons (Fsp3) is 0.529. The molecule has 0 aliphatic rings. The Labute approximate surface area is 129 Å². The molecule has 1 aromatic heterocycles. The van der Waals surface area contributed by atoms with Crippen LogP contribution in [0.4, 0.5) is 5.69 Å². The van der Waals surface area contributed by atoms with Crippen LogP contribution < -0.4 is 5.32 Å². The molecule has 0 aliphatic heterocycles. The number of aromatic nitrogens is 1. The summed E-state index contributed by atoms with van der Waals surface area (Å²) in [7, 11) is 0. The average Bonchev–Trinajstić information content (AvgIpc) is 2.50. The van der Waals surface area contributed by atoms with Gasteiger partial charge in [0, 0.05) is 18.3 Å². The number of hydrogen-bond acceptors (Lipinski definition) is 4. The largest absolute Gasteiger partial charge is 0.508 e. The van der Waals surface area contributed by atoms with E-state index >= 15 is 0 Å². The molecule has 1 heterocycles. The van der Waals surface area contributed by atoms with Gasteiger partial charge in [-0.05, 0) is 32.4 Å². The Morgan fingerprint density at radius 1 is 1.48 bits per heavy atom. The third-order valence-corrected chi connectivity index (χ3v) is 2.95. The third kappa shape index (κ3) is 6.43. The zero-order valence-corrected chi connectivity index (χ0v) is 14.1. The molecular weight excluding hydrogens is 262 g/mol. The normalized spacial score (nSPS) is 13.2. The minimum absolute atomic E-state index is 0.0909. The van der Waals surface area contributed by atoms with Gasteiger partial charge in [0.15, 0.2) is 5.82 Å². The van der Waals surface area contributed by atoms with Crippen LogP contribution in [0.1, 0.15) is 53.2 Å². The Morgan fingerprint density at radius 3 is 2.67 bits per heavy atom. The molecule has 0 fully saturated rings. The first-order valence-electron chi connectivity index (χ1n) is 7.70. The predicted molar refractivity (Wildman–Crippen MR) is 91.8 cm³/mol. The topological polar surface area (TPSA) is 57.5 Å². The van der Waals surface area contributed by atoms with Crippen molar-refractivity contribution >= 4 is 11.9 Å². The average molecular weight is 291 g/mol. The van der Waals surface area contributed by atoms with Crippen LogP contribution in [0.5, 0.6) is 0 Å². The summed E-state index contributed by atoms with van der Waals surface area (Å²) in [6.07, 6.45) is 5.37. The van der Waals surface area contributed by atoms with Crippen molar-refractivity contribution < 1.29 is 5.11 Å². The van der Waals surface area contributed by atoms with E-state index in [4.69, 9.17) is 0 Å². The van der Waals surface area contributed by atoms with E-state index in [9.17, 15) is 5.11 Å². The van der Waals surface area contributed by atoms with E-state index in [1.807, 2.05) is 46.8 Å². The van der Waals surface area contributed by atoms with Gasteiger partial charge in [-0.1, -0.05) is 34.1 Å². The molecule has 1 aromatic rings. The van der Waals surface area contributed by atoms with Crippen LogP contribution in [0.25, 0.3) is 0 Å². The summed E-state index contributed by atoms with van der Waals surface area (Å²) in [5, 5.41) is 13.4. The maximum absolute atomic E-state index is 10.3. The standard InChI is InChI=1S/C15H23N3O.C2H6/c1-5-8-11(3)14(19)15(16-6-2)18-13-9-7-10-17-12(13)4;1-2/h6-7,9-11,18-19H,5,8H2,1-4H3;1-2H3/b15-14-,16-6-;. The summed E-state index contributed by atoms with van der Waals surface area (Å²) in [6, 6.07) is 3.78. The molecular formula is C17H29N3O. The van der Waals surface area contributed by atoms with Gasteiger partial charge in [-0.25, -0.2) is 4.99 Å². The molecule has 2 N–H and O–H groups in total. The first-order valence-corrected chi connectivity index (χ1v) is 7.70. The molecule has 0 aliphatic carbocycles. The molecule has 4 nitrogen and oxygen atoms in total. The molecule has 0 bridgehead atoms. The molecule has 0 aromatic carbocycles. The van der Waals surface area contributed by atoms with Crippen molar-refractivity contribution in [3.63, 3.8) is 0 Å². The van der Waals surface area contributed by atoms with E-state index in [0.29, 0.717) is 11.6 Å². The van der Waals surface area contributed by atoms with Gasteiger partial charge in [-0.2, -0.15) is 0 Å². The number of aryl methyl sites for hydroxylation is 1. The molecule has 0 amide bonds. The molecule has 1 unspecified atom stereocenters. The summed E-state index contributed by atoms with van der Waals surface area (Å²) in [5.41, 5.74) is 1.74. The lowest BCUT2D eigenvalue weighted by atomic mass is 10.0. The van der Waals surface area contributed by atoms with Crippen molar-refractivity contribution in [2.24, 2.45) is 10.9 Å². The fourth-order valence-electron chi connectivity index (χ4n) is 1.84. The second-order valence-electron chi connectivity index (χ2n) is 4.57. The van der Waals surface area contributed by atoms with Crippen molar-refractivity contribution in [3.05, 3.63) is 35.6 Å². The number of anilines is 1. The fourth-order valence-corrected chi connectivity index (χ4v) is 1.84. The molecule has 21 heavy (non-hydrogen) atoms. The summed E-state index contributed by atoms with van der Waals surface area (Å²) >= 11 is 0. The number of aliphatic hydroxyl groups is 1. The van der Waals surface area contributed by atoms with Gasteiger partial charge in [0.25, 0.3) is 0 Å². The number of aliphatic hydroxyl groups excluding tert-OH is 1. The number of pyridine rings is 1. The Kier molecular flexibility index (Phi) is 9.94. The van der Waals surface area contributed by atoms with Crippen LogP contribution in [-0.4, -0.2) is 16.3 Å². The van der Waals surface area contributed by atoms with Gasteiger partial charge >= 0.3 is 0 Å². The van der Waals surface area contributed by atoms with Crippen LogP contribution in [0.15, 0.2) is 34.9 Å². The predicted octanol–water partition coefficient (Wildman–Crippen LogP) is 5.08. The zero-order chi connectivity index (χ0) is 16.3. The molecule has 1 atom stereocenters. The lowest BCUT2D eigenvalue weighted by Gasteiger charge is -2.15.